The molecule has 0 radical (unpaired) electrons. The van der Waals surface area contributed by atoms with Gasteiger partial charge in [0.2, 0.25) is 0 Å². The van der Waals surface area contributed by atoms with Crippen LogP contribution in [0.4, 0.5) is 4.39 Å². The van der Waals surface area contributed by atoms with Crippen molar-refractivity contribution in [2.45, 2.75) is 22.8 Å². The maximum absolute atomic E-state index is 12.8. The molecule has 2 aromatic rings. The van der Waals surface area contributed by atoms with Crippen molar-refractivity contribution >= 4 is 27.7 Å². The zero-order chi connectivity index (χ0) is 13.1. The Balaban J connectivity index is 2.32. The third-order valence-corrected chi connectivity index (χ3v) is 4.04. The average Bonchev–Trinajstić information content (AvgIpc) is 2.32. The molecule has 1 nitrogen and oxygen atoms in total. The zero-order valence-electron chi connectivity index (χ0n) is 9.73. The van der Waals surface area contributed by atoms with Crippen molar-refractivity contribution < 1.29 is 9.50 Å². The quantitative estimate of drug-likeness (QED) is 0.874. The first-order valence-electron chi connectivity index (χ1n) is 5.47. The Bertz CT molecular complexity index is 540. The Morgan fingerprint density at radius 2 is 1.83 bits per heavy atom. The molecule has 94 valence electrons. The summed E-state index contributed by atoms with van der Waals surface area (Å²) in [6.45, 7) is 1.73. The Hall–Kier alpha value is -0.840. The molecular weight excluding hydrogens is 315 g/mol. The Kier molecular flexibility index (Phi) is 4.43. The molecule has 0 amide bonds. The molecule has 0 saturated carbocycles. The van der Waals surface area contributed by atoms with E-state index in [9.17, 15) is 9.50 Å². The summed E-state index contributed by atoms with van der Waals surface area (Å²) >= 11 is 4.92. The molecule has 4 heteroatoms. The van der Waals surface area contributed by atoms with Gasteiger partial charge in [-0.3, -0.25) is 0 Å². The molecule has 0 bridgehead atoms. The van der Waals surface area contributed by atoms with Gasteiger partial charge >= 0.3 is 0 Å². The normalized spacial score (nSPS) is 12.4. The van der Waals surface area contributed by atoms with Crippen LogP contribution in [0.15, 0.2) is 56.7 Å². The van der Waals surface area contributed by atoms with E-state index in [1.807, 2.05) is 18.2 Å². The monoisotopic (exact) mass is 326 g/mol. The lowest BCUT2D eigenvalue weighted by atomic mass is 10.1. The highest BCUT2D eigenvalue weighted by molar-refractivity contribution is 9.10. The van der Waals surface area contributed by atoms with Crippen molar-refractivity contribution in [2.24, 2.45) is 0 Å². The highest BCUT2D eigenvalue weighted by atomic mass is 79.9. The third-order valence-electron chi connectivity index (χ3n) is 2.47. The van der Waals surface area contributed by atoms with Crippen LogP contribution in [-0.2, 0) is 0 Å². The van der Waals surface area contributed by atoms with Crippen LogP contribution >= 0.6 is 27.7 Å². The second-order valence-corrected chi connectivity index (χ2v) is 5.95. The van der Waals surface area contributed by atoms with E-state index >= 15 is 0 Å². The number of rotatable bonds is 3. The largest absolute Gasteiger partial charge is 0.389 e. The Labute approximate surface area is 118 Å². The van der Waals surface area contributed by atoms with E-state index in [0.29, 0.717) is 0 Å². The maximum atomic E-state index is 12.8. The highest BCUT2D eigenvalue weighted by Gasteiger charge is 2.10. The summed E-state index contributed by atoms with van der Waals surface area (Å²) in [4.78, 5) is 1.90. The first kappa shape index (κ1) is 13.6. The van der Waals surface area contributed by atoms with Gasteiger partial charge in [0.05, 0.1) is 6.10 Å². The van der Waals surface area contributed by atoms with Crippen LogP contribution in [0.25, 0.3) is 0 Å². The third kappa shape index (κ3) is 3.34. The van der Waals surface area contributed by atoms with E-state index in [1.54, 1.807) is 19.1 Å². The SMILES string of the molecule is CC(O)c1ccc(Br)cc1Sc1ccc(F)cc1. The molecule has 0 aliphatic rings. The minimum Gasteiger partial charge on any atom is -0.389 e. The van der Waals surface area contributed by atoms with Crippen molar-refractivity contribution in [3.05, 3.63) is 58.3 Å². The summed E-state index contributed by atoms with van der Waals surface area (Å²) in [7, 11) is 0. The van der Waals surface area contributed by atoms with Crippen LogP contribution in [0.3, 0.4) is 0 Å². The molecule has 0 heterocycles. The second-order valence-electron chi connectivity index (χ2n) is 3.91. The first-order valence-corrected chi connectivity index (χ1v) is 7.08. The summed E-state index contributed by atoms with van der Waals surface area (Å²) in [5, 5.41) is 9.73. The van der Waals surface area contributed by atoms with Gasteiger partial charge in [0, 0.05) is 14.3 Å². The van der Waals surface area contributed by atoms with Gasteiger partial charge in [0.15, 0.2) is 0 Å². The molecule has 0 fully saturated rings. The van der Waals surface area contributed by atoms with Gasteiger partial charge < -0.3 is 5.11 Å². The van der Waals surface area contributed by atoms with Crippen molar-refractivity contribution in [3.63, 3.8) is 0 Å². The van der Waals surface area contributed by atoms with Crippen molar-refractivity contribution in [1.82, 2.24) is 0 Å². The van der Waals surface area contributed by atoms with Gasteiger partial charge in [0.25, 0.3) is 0 Å². The van der Waals surface area contributed by atoms with Gasteiger partial charge in [-0.1, -0.05) is 33.8 Å². The van der Waals surface area contributed by atoms with Gasteiger partial charge in [-0.2, -0.15) is 0 Å². The maximum Gasteiger partial charge on any atom is 0.123 e. The fourth-order valence-corrected chi connectivity index (χ4v) is 3.15. The number of aliphatic hydroxyl groups is 1. The molecule has 0 aliphatic carbocycles. The smallest absolute Gasteiger partial charge is 0.123 e. The lowest BCUT2D eigenvalue weighted by molar-refractivity contribution is 0.196. The van der Waals surface area contributed by atoms with Gasteiger partial charge in [-0.05, 0) is 48.9 Å². The fourth-order valence-electron chi connectivity index (χ4n) is 1.57. The number of benzene rings is 2. The highest BCUT2D eigenvalue weighted by Crippen LogP contribution is 2.35. The van der Waals surface area contributed by atoms with Crippen molar-refractivity contribution in [3.8, 4) is 0 Å². The topological polar surface area (TPSA) is 20.2 Å². The molecule has 2 rings (SSSR count). The standard InChI is InChI=1S/C14H12BrFOS/c1-9(17)13-7-2-10(15)8-14(13)18-12-5-3-11(16)4-6-12/h2-9,17H,1H3. The summed E-state index contributed by atoms with van der Waals surface area (Å²) in [5.74, 6) is -0.246. The summed E-state index contributed by atoms with van der Waals surface area (Å²) < 4.78 is 13.8. The number of halogens is 2. The van der Waals surface area contributed by atoms with E-state index in [0.717, 1.165) is 19.8 Å². The van der Waals surface area contributed by atoms with Crippen molar-refractivity contribution in [2.75, 3.05) is 0 Å². The van der Waals surface area contributed by atoms with Gasteiger partial charge in [-0.15, -0.1) is 0 Å². The van der Waals surface area contributed by atoms with Crippen molar-refractivity contribution in [1.29, 1.82) is 0 Å². The fraction of sp³-hybridized carbons (Fsp3) is 0.143. The van der Waals surface area contributed by atoms with E-state index in [2.05, 4.69) is 15.9 Å². The lowest BCUT2D eigenvalue weighted by Gasteiger charge is -2.12. The Morgan fingerprint density at radius 3 is 2.44 bits per heavy atom. The predicted octanol–water partition coefficient (Wildman–Crippen LogP) is 4.79. The van der Waals surface area contributed by atoms with Gasteiger partial charge in [-0.25, -0.2) is 4.39 Å². The van der Waals surface area contributed by atoms with E-state index in [1.165, 1.54) is 23.9 Å². The van der Waals surface area contributed by atoms with Crippen LogP contribution in [0.1, 0.15) is 18.6 Å². The molecule has 0 spiro atoms. The van der Waals surface area contributed by atoms with Gasteiger partial charge in [0.1, 0.15) is 5.82 Å². The first-order chi connectivity index (χ1) is 8.56. The molecule has 18 heavy (non-hydrogen) atoms. The molecule has 0 saturated heterocycles. The molecule has 0 aromatic heterocycles. The minimum absolute atomic E-state index is 0.246. The van der Waals surface area contributed by atoms with Crippen LogP contribution in [0.2, 0.25) is 0 Å². The van der Waals surface area contributed by atoms with E-state index in [4.69, 9.17) is 0 Å². The molecule has 0 aliphatic heterocycles. The zero-order valence-corrected chi connectivity index (χ0v) is 12.1. The summed E-state index contributed by atoms with van der Waals surface area (Å²) in [5.41, 5.74) is 0.868. The molecule has 2 aromatic carbocycles. The predicted molar refractivity (Wildman–Crippen MR) is 75.3 cm³/mol. The number of hydrogen-bond acceptors (Lipinski definition) is 2. The minimum atomic E-state index is -0.527. The van der Waals surface area contributed by atoms with E-state index < -0.39 is 6.10 Å². The van der Waals surface area contributed by atoms with Crippen LogP contribution in [0.5, 0.6) is 0 Å². The van der Waals surface area contributed by atoms with Crippen LogP contribution in [0, 0.1) is 5.82 Å². The summed E-state index contributed by atoms with van der Waals surface area (Å²) in [6.07, 6.45) is -0.527. The van der Waals surface area contributed by atoms with Crippen LogP contribution < -0.4 is 0 Å². The molecule has 1 N–H and O–H groups in total. The number of hydrogen-bond donors (Lipinski definition) is 1. The molecular formula is C14H12BrFOS. The number of aliphatic hydroxyl groups excluding tert-OH is 1. The Morgan fingerprint density at radius 1 is 1.17 bits per heavy atom. The molecule has 1 atom stereocenters. The summed E-state index contributed by atoms with van der Waals surface area (Å²) in [6, 6.07) is 12.1. The van der Waals surface area contributed by atoms with Crippen LogP contribution in [-0.4, -0.2) is 5.11 Å². The lowest BCUT2D eigenvalue weighted by Crippen LogP contribution is -1.93. The van der Waals surface area contributed by atoms with E-state index in [-0.39, 0.29) is 5.82 Å². The second kappa shape index (κ2) is 5.87. The molecule has 1 unspecified atom stereocenters. The average molecular weight is 327 g/mol.